The molecule has 1 fully saturated rings. The van der Waals surface area contributed by atoms with Crippen molar-refractivity contribution in [3.05, 3.63) is 11.6 Å². The smallest absolute Gasteiger partial charge is 0.410 e. The first kappa shape index (κ1) is 17.2. The van der Waals surface area contributed by atoms with Gasteiger partial charge in [0.25, 0.3) is 0 Å². The van der Waals surface area contributed by atoms with Gasteiger partial charge < -0.3 is 15.0 Å². The minimum absolute atomic E-state index is 0.202. The van der Waals surface area contributed by atoms with E-state index >= 15 is 0 Å². The number of fused-ring (bicyclic) bond motifs is 1. The molecule has 0 saturated carbocycles. The second kappa shape index (κ2) is 6.70. The number of amides is 1. The summed E-state index contributed by atoms with van der Waals surface area (Å²) in [5.74, 6) is 1.93. The van der Waals surface area contributed by atoms with E-state index in [2.05, 4.69) is 15.4 Å². The molecule has 1 N–H and O–H groups in total. The van der Waals surface area contributed by atoms with E-state index < -0.39 is 5.60 Å². The molecule has 134 valence electrons. The first-order valence-corrected chi connectivity index (χ1v) is 8.94. The number of nitrogens with zero attached hydrogens (tertiary/aromatic N) is 4. The lowest BCUT2D eigenvalue weighted by molar-refractivity contribution is 0.0181. The van der Waals surface area contributed by atoms with E-state index in [9.17, 15) is 4.79 Å². The summed E-state index contributed by atoms with van der Waals surface area (Å²) >= 11 is 0. The third kappa shape index (κ3) is 4.26. The molecule has 2 atom stereocenters. The lowest BCUT2D eigenvalue weighted by Crippen LogP contribution is -2.53. The molecular weight excluding hydrogens is 306 g/mol. The summed E-state index contributed by atoms with van der Waals surface area (Å²) in [5.41, 5.74) is -0.442. The summed E-state index contributed by atoms with van der Waals surface area (Å²) in [5, 5.41) is 8.18. The van der Waals surface area contributed by atoms with Gasteiger partial charge in [0.1, 0.15) is 17.2 Å². The van der Waals surface area contributed by atoms with Crippen molar-refractivity contribution in [2.75, 3.05) is 13.1 Å². The van der Waals surface area contributed by atoms with Crippen LogP contribution in [0.3, 0.4) is 0 Å². The van der Waals surface area contributed by atoms with Crippen LogP contribution in [0, 0.1) is 6.92 Å². The number of aromatic nitrogens is 3. The average Bonchev–Trinajstić information content (AvgIpc) is 2.85. The largest absolute Gasteiger partial charge is 0.444 e. The molecule has 0 bridgehead atoms. The molecule has 1 aromatic rings. The monoisotopic (exact) mass is 335 g/mol. The van der Waals surface area contributed by atoms with Crippen LogP contribution in [-0.2, 0) is 17.7 Å². The Morgan fingerprint density at radius 2 is 2.00 bits per heavy atom. The number of likely N-dealkylation sites (tertiary alicyclic amines) is 1. The Morgan fingerprint density at radius 1 is 1.25 bits per heavy atom. The van der Waals surface area contributed by atoms with Crippen LogP contribution in [0.1, 0.15) is 51.7 Å². The molecule has 0 spiro atoms. The topological polar surface area (TPSA) is 72.3 Å². The Kier molecular flexibility index (Phi) is 4.80. The molecule has 3 rings (SSSR count). The number of hydrogen-bond donors (Lipinski definition) is 1. The van der Waals surface area contributed by atoms with E-state index in [1.807, 2.05) is 37.3 Å². The van der Waals surface area contributed by atoms with E-state index in [1.54, 1.807) is 0 Å². The molecular formula is C17H29N5O2. The highest BCUT2D eigenvalue weighted by Gasteiger charge is 2.30. The highest BCUT2D eigenvalue weighted by Crippen LogP contribution is 2.18. The van der Waals surface area contributed by atoms with Gasteiger partial charge in [-0.05, 0) is 47.0 Å². The van der Waals surface area contributed by atoms with E-state index in [0.717, 1.165) is 50.4 Å². The fourth-order valence-corrected chi connectivity index (χ4v) is 3.51. The Morgan fingerprint density at radius 3 is 2.75 bits per heavy atom. The fraction of sp³-hybridized carbons (Fsp3) is 0.824. The third-order valence-corrected chi connectivity index (χ3v) is 4.51. The molecule has 1 amide bonds. The summed E-state index contributed by atoms with van der Waals surface area (Å²) < 4.78 is 7.52. The number of ether oxygens (including phenoxy) is 1. The molecule has 7 nitrogen and oxygen atoms in total. The number of rotatable bonds is 2. The summed E-state index contributed by atoms with van der Waals surface area (Å²) in [6.45, 7) is 10.0. The predicted octanol–water partition coefficient (Wildman–Crippen LogP) is 1.89. The van der Waals surface area contributed by atoms with Gasteiger partial charge >= 0.3 is 6.09 Å². The number of hydrogen-bond acceptors (Lipinski definition) is 5. The number of piperidine rings is 1. The first-order chi connectivity index (χ1) is 11.3. The minimum Gasteiger partial charge on any atom is -0.444 e. The molecule has 0 radical (unpaired) electrons. The number of aryl methyl sites for hydroxylation is 2. The van der Waals surface area contributed by atoms with Gasteiger partial charge in [-0.25, -0.2) is 14.5 Å². The third-order valence-electron chi connectivity index (χ3n) is 4.51. The zero-order valence-corrected chi connectivity index (χ0v) is 15.2. The summed E-state index contributed by atoms with van der Waals surface area (Å²) in [7, 11) is 0. The summed E-state index contributed by atoms with van der Waals surface area (Å²) in [6, 6.07) is 0.713. The Labute approximate surface area is 143 Å². The highest BCUT2D eigenvalue weighted by atomic mass is 16.6. The Hall–Kier alpha value is -1.63. The SMILES string of the molecule is Cc1nc2n(n1)C[C@H](N[C@@H]1CCCN(C(=O)OC(C)(C)C)C1)CC2. The highest BCUT2D eigenvalue weighted by molar-refractivity contribution is 5.68. The van der Waals surface area contributed by atoms with Crippen molar-refractivity contribution in [1.29, 1.82) is 0 Å². The van der Waals surface area contributed by atoms with Crippen molar-refractivity contribution in [3.8, 4) is 0 Å². The van der Waals surface area contributed by atoms with Gasteiger partial charge in [-0.3, -0.25) is 0 Å². The maximum Gasteiger partial charge on any atom is 0.410 e. The second-order valence-corrected chi connectivity index (χ2v) is 7.93. The van der Waals surface area contributed by atoms with Crippen molar-refractivity contribution < 1.29 is 9.53 Å². The number of nitrogens with one attached hydrogen (secondary N) is 1. The van der Waals surface area contributed by atoms with Gasteiger partial charge in [-0.15, -0.1) is 0 Å². The van der Waals surface area contributed by atoms with Crippen molar-refractivity contribution in [2.24, 2.45) is 0 Å². The maximum atomic E-state index is 12.3. The zero-order chi connectivity index (χ0) is 17.3. The van der Waals surface area contributed by atoms with Crippen LogP contribution in [0.4, 0.5) is 4.79 Å². The normalized spacial score (nSPS) is 24.6. The predicted molar refractivity (Wildman–Crippen MR) is 90.8 cm³/mol. The fourth-order valence-electron chi connectivity index (χ4n) is 3.51. The van der Waals surface area contributed by atoms with Gasteiger partial charge in [0.15, 0.2) is 0 Å². The molecule has 0 aliphatic carbocycles. The quantitative estimate of drug-likeness (QED) is 0.893. The molecule has 2 aliphatic heterocycles. The molecule has 3 heterocycles. The van der Waals surface area contributed by atoms with E-state index in [-0.39, 0.29) is 6.09 Å². The van der Waals surface area contributed by atoms with Crippen molar-refractivity contribution in [1.82, 2.24) is 25.0 Å². The molecule has 24 heavy (non-hydrogen) atoms. The molecule has 0 unspecified atom stereocenters. The van der Waals surface area contributed by atoms with Crippen LogP contribution in [0.5, 0.6) is 0 Å². The Balaban J connectivity index is 1.53. The summed E-state index contributed by atoms with van der Waals surface area (Å²) in [6.07, 6.45) is 3.94. The number of carbonyl (C=O) groups excluding carboxylic acids is 1. The van der Waals surface area contributed by atoms with Crippen LogP contribution < -0.4 is 5.32 Å². The lowest BCUT2D eigenvalue weighted by atomic mass is 10.0. The van der Waals surface area contributed by atoms with Crippen LogP contribution in [0.15, 0.2) is 0 Å². The van der Waals surface area contributed by atoms with Crippen LogP contribution in [0.2, 0.25) is 0 Å². The van der Waals surface area contributed by atoms with Gasteiger partial charge in [-0.1, -0.05) is 0 Å². The van der Waals surface area contributed by atoms with E-state index in [0.29, 0.717) is 18.6 Å². The number of carbonyl (C=O) groups is 1. The zero-order valence-electron chi connectivity index (χ0n) is 15.2. The van der Waals surface area contributed by atoms with Gasteiger partial charge in [-0.2, -0.15) is 5.10 Å². The van der Waals surface area contributed by atoms with Crippen LogP contribution >= 0.6 is 0 Å². The molecule has 1 aromatic heterocycles. The van der Waals surface area contributed by atoms with Gasteiger partial charge in [0, 0.05) is 31.6 Å². The summed E-state index contributed by atoms with van der Waals surface area (Å²) in [4.78, 5) is 18.6. The van der Waals surface area contributed by atoms with Crippen molar-refractivity contribution in [2.45, 2.75) is 77.6 Å². The van der Waals surface area contributed by atoms with E-state index in [4.69, 9.17) is 4.74 Å². The van der Waals surface area contributed by atoms with Crippen molar-refractivity contribution in [3.63, 3.8) is 0 Å². The lowest BCUT2D eigenvalue weighted by Gasteiger charge is -2.36. The second-order valence-electron chi connectivity index (χ2n) is 7.93. The van der Waals surface area contributed by atoms with Crippen LogP contribution in [-0.4, -0.2) is 56.5 Å². The minimum atomic E-state index is -0.442. The molecule has 1 saturated heterocycles. The maximum absolute atomic E-state index is 12.3. The molecule has 0 aromatic carbocycles. The van der Waals surface area contributed by atoms with Gasteiger partial charge in [0.2, 0.25) is 0 Å². The first-order valence-electron chi connectivity index (χ1n) is 8.94. The van der Waals surface area contributed by atoms with Gasteiger partial charge in [0.05, 0.1) is 6.54 Å². The molecule has 7 heteroatoms. The van der Waals surface area contributed by atoms with Crippen LogP contribution in [0.25, 0.3) is 0 Å². The average molecular weight is 335 g/mol. The van der Waals surface area contributed by atoms with Crippen molar-refractivity contribution >= 4 is 6.09 Å². The standard InChI is InChI=1S/C17H29N5O2/c1-12-18-15-8-7-14(11-22(15)20-12)19-13-6-5-9-21(10-13)16(23)24-17(2,3)4/h13-14,19H,5-11H2,1-4H3/t13-,14-/m1/s1. The van der Waals surface area contributed by atoms with E-state index in [1.165, 1.54) is 0 Å². The Bertz CT molecular complexity index is 592. The molecule has 2 aliphatic rings.